The molecular formula is C17H23N5O4S. The van der Waals surface area contributed by atoms with E-state index < -0.39 is 10.0 Å². The molecule has 0 aliphatic heterocycles. The molecule has 0 spiro atoms. The second-order valence-electron chi connectivity index (χ2n) is 6.26. The molecule has 0 fully saturated rings. The summed E-state index contributed by atoms with van der Waals surface area (Å²) >= 11 is 0. The van der Waals surface area contributed by atoms with Crippen LogP contribution in [-0.4, -0.2) is 48.4 Å². The maximum Gasteiger partial charge on any atom is 0.246 e. The predicted molar refractivity (Wildman–Crippen MR) is 102 cm³/mol. The van der Waals surface area contributed by atoms with E-state index in [1.54, 1.807) is 38.1 Å². The van der Waals surface area contributed by atoms with E-state index >= 15 is 0 Å². The highest BCUT2D eigenvalue weighted by Crippen LogP contribution is 2.22. The van der Waals surface area contributed by atoms with Crippen LogP contribution < -0.4 is 10.6 Å². The number of anilines is 2. The molecule has 1 aromatic carbocycles. The van der Waals surface area contributed by atoms with E-state index in [9.17, 15) is 18.0 Å². The van der Waals surface area contributed by atoms with Crippen molar-refractivity contribution in [2.24, 2.45) is 0 Å². The third-order valence-corrected chi connectivity index (χ3v) is 5.88. The quantitative estimate of drug-likeness (QED) is 0.769. The molecule has 146 valence electrons. The summed E-state index contributed by atoms with van der Waals surface area (Å²) in [5.41, 5.74) is 1.80. The van der Waals surface area contributed by atoms with Gasteiger partial charge < -0.3 is 10.6 Å². The number of nitrogens with one attached hydrogen (secondary N) is 2. The number of hydrogen-bond donors (Lipinski definition) is 2. The number of aryl methyl sites for hydroxylation is 1. The van der Waals surface area contributed by atoms with Gasteiger partial charge in [-0.3, -0.25) is 14.3 Å². The lowest BCUT2D eigenvalue weighted by atomic mass is 10.2. The molecule has 0 aliphatic rings. The van der Waals surface area contributed by atoms with Crippen LogP contribution in [0.4, 0.5) is 11.4 Å². The van der Waals surface area contributed by atoms with Gasteiger partial charge in [-0.15, -0.1) is 0 Å². The van der Waals surface area contributed by atoms with Crippen LogP contribution in [0, 0.1) is 13.8 Å². The van der Waals surface area contributed by atoms with Gasteiger partial charge in [0.25, 0.3) is 0 Å². The smallest absolute Gasteiger partial charge is 0.246 e. The maximum absolute atomic E-state index is 12.4. The molecule has 2 N–H and O–H groups in total. The zero-order valence-electron chi connectivity index (χ0n) is 15.9. The predicted octanol–water partition coefficient (Wildman–Crippen LogP) is 1.35. The van der Waals surface area contributed by atoms with Crippen LogP contribution in [0.25, 0.3) is 0 Å². The van der Waals surface area contributed by atoms with Crippen molar-refractivity contribution in [3.63, 3.8) is 0 Å². The van der Waals surface area contributed by atoms with Gasteiger partial charge in [0.2, 0.25) is 21.8 Å². The molecule has 10 heteroatoms. The molecule has 1 heterocycles. The van der Waals surface area contributed by atoms with E-state index in [4.69, 9.17) is 0 Å². The van der Waals surface area contributed by atoms with Gasteiger partial charge in [-0.05, 0) is 32.0 Å². The molecule has 0 saturated heterocycles. The van der Waals surface area contributed by atoms with Gasteiger partial charge in [0, 0.05) is 32.4 Å². The monoisotopic (exact) mass is 393 g/mol. The number of nitrogens with zero attached hydrogens (tertiary/aromatic N) is 3. The average molecular weight is 393 g/mol. The van der Waals surface area contributed by atoms with Crippen molar-refractivity contribution in [2.45, 2.75) is 32.2 Å². The summed E-state index contributed by atoms with van der Waals surface area (Å²) in [5, 5.41) is 9.54. The first-order valence-corrected chi connectivity index (χ1v) is 9.60. The van der Waals surface area contributed by atoms with E-state index in [2.05, 4.69) is 15.7 Å². The number of aromatic nitrogens is 2. The number of carbonyl (C=O) groups is 2. The van der Waals surface area contributed by atoms with E-state index in [1.807, 2.05) is 0 Å². The van der Waals surface area contributed by atoms with Crippen molar-refractivity contribution in [3.05, 3.63) is 35.7 Å². The zero-order chi connectivity index (χ0) is 20.4. The van der Waals surface area contributed by atoms with E-state index in [-0.39, 0.29) is 23.3 Å². The van der Waals surface area contributed by atoms with E-state index in [0.717, 1.165) is 4.31 Å². The minimum atomic E-state index is -3.65. The molecule has 9 nitrogen and oxygen atoms in total. The van der Waals surface area contributed by atoms with Crippen LogP contribution in [-0.2, 0) is 26.2 Å². The lowest BCUT2D eigenvalue weighted by Gasteiger charge is -2.12. The molecule has 2 rings (SSSR count). The summed E-state index contributed by atoms with van der Waals surface area (Å²) in [6.07, 6.45) is 0. The topological polar surface area (TPSA) is 113 Å². The Balaban J connectivity index is 2.19. The van der Waals surface area contributed by atoms with Gasteiger partial charge in [-0.1, -0.05) is 6.07 Å². The normalized spacial score (nSPS) is 11.5. The highest BCUT2D eigenvalue weighted by atomic mass is 32.2. The first-order valence-electron chi connectivity index (χ1n) is 8.16. The Morgan fingerprint density at radius 3 is 2.30 bits per heavy atom. The summed E-state index contributed by atoms with van der Waals surface area (Å²) in [5.74, 6) is -0.579. The Morgan fingerprint density at radius 1 is 1.15 bits per heavy atom. The highest BCUT2D eigenvalue weighted by molar-refractivity contribution is 7.89. The Labute approximate surface area is 158 Å². The Bertz CT molecular complexity index is 979. The molecule has 0 aliphatic carbocycles. The van der Waals surface area contributed by atoms with Crippen LogP contribution in [0.2, 0.25) is 0 Å². The molecule has 2 aromatic rings. The van der Waals surface area contributed by atoms with Gasteiger partial charge in [-0.2, -0.15) is 5.10 Å². The molecule has 2 amide bonds. The van der Waals surface area contributed by atoms with Crippen LogP contribution in [0.15, 0.2) is 29.2 Å². The third-order valence-electron chi connectivity index (χ3n) is 3.81. The first-order chi connectivity index (χ1) is 12.5. The minimum absolute atomic E-state index is 0.105. The van der Waals surface area contributed by atoms with E-state index in [1.165, 1.54) is 25.7 Å². The van der Waals surface area contributed by atoms with Crippen LogP contribution in [0.1, 0.15) is 18.3 Å². The fourth-order valence-electron chi connectivity index (χ4n) is 2.60. The Morgan fingerprint density at radius 2 is 1.74 bits per heavy atom. The number of rotatable bonds is 6. The van der Waals surface area contributed by atoms with Gasteiger partial charge in [0.15, 0.2) is 0 Å². The van der Waals surface area contributed by atoms with Crippen molar-refractivity contribution in [2.75, 3.05) is 24.7 Å². The molecule has 0 bridgehead atoms. The summed E-state index contributed by atoms with van der Waals surface area (Å²) in [7, 11) is -0.762. The molecule has 0 unspecified atom stereocenters. The average Bonchev–Trinajstić information content (AvgIpc) is 2.81. The van der Waals surface area contributed by atoms with Gasteiger partial charge >= 0.3 is 0 Å². The number of benzene rings is 1. The second-order valence-corrected chi connectivity index (χ2v) is 8.34. The fourth-order valence-corrected chi connectivity index (χ4v) is 3.86. The highest BCUT2D eigenvalue weighted by Gasteiger charge is 2.27. The number of hydrogen-bond acceptors (Lipinski definition) is 5. The zero-order valence-corrected chi connectivity index (χ0v) is 16.7. The molecular weight excluding hydrogens is 370 g/mol. The summed E-state index contributed by atoms with van der Waals surface area (Å²) < 4.78 is 27.3. The fraction of sp³-hybridized carbons (Fsp3) is 0.353. The molecule has 0 atom stereocenters. The van der Waals surface area contributed by atoms with E-state index in [0.29, 0.717) is 22.8 Å². The van der Waals surface area contributed by atoms with Crippen LogP contribution >= 0.6 is 0 Å². The lowest BCUT2D eigenvalue weighted by molar-refractivity contribution is -0.117. The van der Waals surface area contributed by atoms with Crippen molar-refractivity contribution in [1.82, 2.24) is 14.1 Å². The lowest BCUT2D eigenvalue weighted by Crippen LogP contribution is -2.24. The van der Waals surface area contributed by atoms with Gasteiger partial charge in [0.05, 0.1) is 11.4 Å². The van der Waals surface area contributed by atoms with Crippen molar-refractivity contribution >= 4 is 33.2 Å². The molecule has 0 saturated carbocycles. The number of sulfonamides is 1. The Hall–Kier alpha value is -2.72. The van der Waals surface area contributed by atoms with Gasteiger partial charge in [-0.25, -0.2) is 12.7 Å². The number of carbonyl (C=O) groups excluding carboxylic acids is 2. The maximum atomic E-state index is 12.4. The summed E-state index contributed by atoms with van der Waals surface area (Å²) in [6, 6.07) is 6.72. The van der Waals surface area contributed by atoms with Crippen molar-refractivity contribution in [3.8, 4) is 0 Å². The first kappa shape index (κ1) is 20.6. The van der Waals surface area contributed by atoms with Crippen molar-refractivity contribution < 1.29 is 18.0 Å². The molecule has 0 radical (unpaired) electrons. The van der Waals surface area contributed by atoms with Crippen molar-refractivity contribution in [1.29, 1.82) is 0 Å². The molecule has 27 heavy (non-hydrogen) atoms. The standard InChI is InChI=1S/C17H23N5O4S/c1-11-17(27(25,26)21(4)5)12(2)22(20-11)10-16(24)19-15-8-6-7-14(9-15)18-13(3)23/h6-9H,10H2,1-5H3,(H,18,23)(H,19,24). The second kappa shape index (κ2) is 7.89. The summed E-state index contributed by atoms with van der Waals surface area (Å²) in [6.45, 7) is 4.46. The number of amides is 2. The van der Waals surface area contributed by atoms with Gasteiger partial charge in [0.1, 0.15) is 11.4 Å². The Kier molecular flexibility index (Phi) is 6.01. The van der Waals surface area contributed by atoms with Crippen LogP contribution in [0.3, 0.4) is 0 Å². The SMILES string of the molecule is CC(=O)Nc1cccc(NC(=O)Cn2nc(C)c(S(=O)(=O)N(C)C)c2C)c1. The largest absolute Gasteiger partial charge is 0.326 e. The minimum Gasteiger partial charge on any atom is -0.326 e. The molecule has 1 aromatic heterocycles. The van der Waals surface area contributed by atoms with Crippen LogP contribution in [0.5, 0.6) is 0 Å². The third kappa shape index (κ3) is 4.72. The summed E-state index contributed by atoms with van der Waals surface area (Å²) in [4.78, 5) is 23.6.